The van der Waals surface area contributed by atoms with Crippen molar-refractivity contribution in [3.05, 3.63) is 59.1 Å². The summed E-state index contributed by atoms with van der Waals surface area (Å²) in [6.07, 6.45) is 2.95. The van der Waals surface area contributed by atoms with Crippen molar-refractivity contribution in [1.82, 2.24) is 15.1 Å². The number of ether oxygens (including phenoxy) is 2. The van der Waals surface area contributed by atoms with E-state index in [2.05, 4.69) is 44.3 Å². The van der Waals surface area contributed by atoms with E-state index in [-0.39, 0.29) is 0 Å². The lowest BCUT2D eigenvalue weighted by atomic mass is 10.1. The van der Waals surface area contributed by atoms with Crippen LogP contribution < -0.4 is 20.1 Å². The van der Waals surface area contributed by atoms with E-state index in [9.17, 15) is 0 Å². The van der Waals surface area contributed by atoms with Gasteiger partial charge in [0.15, 0.2) is 0 Å². The lowest BCUT2D eigenvalue weighted by Crippen LogP contribution is -2.46. The fraction of sp³-hybridized carbons (Fsp3) is 0.417. The highest BCUT2D eigenvalue weighted by molar-refractivity contribution is 7.15. The molecule has 2 aromatic carbocycles. The van der Waals surface area contributed by atoms with Crippen LogP contribution in [0, 0.1) is 0 Å². The summed E-state index contributed by atoms with van der Waals surface area (Å²) in [6.45, 7) is 6.10. The highest BCUT2D eigenvalue weighted by atomic mass is 32.1. The number of unbranched alkanes of at least 4 members (excludes halogenated alkanes) is 1. The molecule has 7 nitrogen and oxygen atoms in total. The highest BCUT2D eigenvalue weighted by Gasteiger charge is 2.19. The van der Waals surface area contributed by atoms with Crippen LogP contribution in [0.2, 0.25) is 0 Å². The van der Waals surface area contributed by atoms with Crippen LogP contribution in [-0.2, 0) is 6.42 Å². The summed E-state index contributed by atoms with van der Waals surface area (Å²) in [6, 6.07) is 16.5. The molecule has 1 saturated heterocycles. The number of nitrogens with two attached hydrogens (primary N) is 1. The summed E-state index contributed by atoms with van der Waals surface area (Å²) in [4.78, 5) is 4.96. The molecule has 170 valence electrons. The van der Waals surface area contributed by atoms with E-state index in [1.165, 1.54) is 22.6 Å². The van der Waals surface area contributed by atoms with Crippen molar-refractivity contribution >= 4 is 22.2 Å². The van der Waals surface area contributed by atoms with Crippen molar-refractivity contribution in [2.75, 3.05) is 57.1 Å². The maximum Gasteiger partial charge on any atom is 0.203 e. The van der Waals surface area contributed by atoms with Crippen molar-refractivity contribution < 1.29 is 9.47 Å². The van der Waals surface area contributed by atoms with Crippen molar-refractivity contribution in [2.24, 2.45) is 0 Å². The minimum Gasteiger partial charge on any atom is -0.495 e. The summed E-state index contributed by atoms with van der Waals surface area (Å²) in [5.74, 6) is 1.87. The molecule has 0 radical (unpaired) electrons. The first kappa shape index (κ1) is 22.4. The number of para-hydroxylation sites is 2. The fourth-order valence-corrected chi connectivity index (χ4v) is 4.59. The molecule has 0 amide bonds. The Morgan fingerprint density at radius 2 is 1.75 bits per heavy atom. The molecule has 2 N–H and O–H groups in total. The molecule has 32 heavy (non-hydrogen) atoms. The topological polar surface area (TPSA) is 76.7 Å². The van der Waals surface area contributed by atoms with Gasteiger partial charge in [-0.15, -0.1) is 10.2 Å². The third kappa shape index (κ3) is 6.11. The quantitative estimate of drug-likeness (QED) is 0.469. The first-order valence-corrected chi connectivity index (χ1v) is 11.9. The molecule has 0 spiro atoms. The van der Waals surface area contributed by atoms with Crippen molar-refractivity contribution in [1.29, 1.82) is 0 Å². The maximum atomic E-state index is 5.92. The molecule has 0 saturated carbocycles. The van der Waals surface area contributed by atoms with Gasteiger partial charge in [0.1, 0.15) is 16.5 Å². The van der Waals surface area contributed by atoms with E-state index in [1.807, 2.05) is 24.3 Å². The Morgan fingerprint density at radius 3 is 2.47 bits per heavy atom. The zero-order valence-corrected chi connectivity index (χ0v) is 19.4. The van der Waals surface area contributed by atoms with Gasteiger partial charge in [-0.3, -0.25) is 4.90 Å². The average molecular weight is 454 g/mol. The van der Waals surface area contributed by atoms with Gasteiger partial charge in [0.25, 0.3) is 0 Å². The number of nitrogens with zero attached hydrogens (tertiary/aromatic N) is 4. The second-order valence-electron chi connectivity index (χ2n) is 7.91. The number of piperazine rings is 1. The maximum absolute atomic E-state index is 5.92. The average Bonchev–Trinajstić information content (AvgIpc) is 3.24. The number of methoxy groups -OCH3 is 1. The summed E-state index contributed by atoms with van der Waals surface area (Å²) >= 11 is 1.43. The molecule has 0 aliphatic carbocycles. The predicted octanol–water partition coefficient (Wildman–Crippen LogP) is 3.70. The summed E-state index contributed by atoms with van der Waals surface area (Å²) in [5, 5.41) is 9.37. The van der Waals surface area contributed by atoms with Gasteiger partial charge in [0.05, 0.1) is 19.4 Å². The number of nitrogen functional groups attached to an aromatic ring is 1. The van der Waals surface area contributed by atoms with E-state index in [1.54, 1.807) is 7.11 Å². The highest BCUT2D eigenvalue weighted by Crippen LogP contribution is 2.28. The first-order valence-electron chi connectivity index (χ1n) is 11.1. The van der Waals surface area contributed by atoms with E-state index >= 15 is 0 Å². The molecule has 0 atom stereocenters. The largest absolute Gasteiger partial charge is 0.495 e. The lowest BCUT2D eigenvalue weighted by Gasteiger charge is -2.36. The molecule has 1 aliphatic rings. The van der Waals surface area contributed by atoms with Gasteiger partial charge in [-0.2, -0.15) is 0 Å². The van der Waals surface area contributed by atoms with Gasteiger partial charge in [0, 0.05) is 32.6 Å². The SMILES string of the molecule is COc1ccccc1N1CCN(CCCCOc2ccc(Cc3nnc(N)s3)cc2)CC1. The Hall–Kier alpha value is -2.84. The molecule has 1 aliphatic heterocycles. The number of anilines is 2. The summed E-state index contributed by atoms with van der Waals surface area (Å²) in [5.41, 5.74) is 8.02. The number of hydrogen-bond donors (Lipinski definition) is 1. The van der Waals surface area contributed by atoms with Crippen LogP contribution in [0.5, 0.6) is 11.5 Å². The minimum absolute atomic E-state index is 0.512. The van der Waals surface area contributed by atoms with Crippen molar-refractivity contribution in [3.8, 4) is 11.5 Å². The van der Waals surface area contributed by atoms with Gasteiger partial charge >= 0.3 is 0 Å². The van der Waals surface area contributed by atoms with Gasteiger partial charge < -0.3 is 20.1 Å². The third-order valence-corrected chi connectivity index (χ3v) is 6.45. The van der Waals surface area contributed by atoms with Gasteiger partial charge in [-0.1, -0.05) is 35.6 Å². The molecule has 3 aromatic rings. The van der Waals surface area contributed by atoms with Crippen LogP contribution in [0.3, 0.4) is 0 Å². The van der Waals surface area contributed by atoms with E-state index in [0.29, 0.717) is 5.13 Å². The van der Waals surface area contributed by atoms with Crippen LogP contribution in [0.15, 0.2) is 48.5 Å². The zero-order chi connectivity index (χ0) is 22.2. The number of hydrogen-bond acceptors (Lipinski definition) is 8. The molecular formula is C24H31N5O2S. The fourth-order valence-electron chi connectivity index (χ4n) is 3.95. The van der Waals surface area contributed by atoms with Gasteiger partial charge in [-0.05, 0) is 49.2 Å². The van der Waals surface area contributed by atoms with Crippen LogP contribution in [0.25, 0.3) is 0 Å². The first-order chi connectivity index (χ1) is 15.7. The monoisotopic (exact) mass is 453 g/mol. The standard InChI is InChI=1S/C24H31N5O2S/c1-30-22-7-3-2-6-21(22)29-15-13-28(14-16-29)12-4-5-17-31-20-10-8-19(9-11-20)18-23-26-27-24(25)32-23/h2-3,6-11H,4-5,12-18H2,1H3,(H2,25,27). The lowest BCUT2D eigenvalue weighted by molar-refractivity contribution is 0.238. The van der Waals surface area contributed by atoms with Crippen LogP contribution in [-0.4, -0.2) is 61.5 Å². The van der Waals surface area contributed by atoms with Crippen LogP contribution >= 0.6 is 11.3 Å². The second kappa shape index (κ2) is 11.2. The molecule has 1 fully saturated rings. The molecular weight excluding hydrogens is 422 g/mol. The van der Waals surface area contributed by atoms with E-state index < -0.39 is 0 Å². The van der Waals surface area contributed by atoms with Crippen LogP contribution in [0.4, 0.5) is 10.8 Å². The van der Waals surface area contributed by atoms with Gasteiger partial charge in [-0.25, -0.2) is 0 Å². The molecule has 0 bridgehead atoms. The molecule has 0 unspecified atom stereocenters. The predicted molar refractivity (Wildman–Crippen MR) is 130 cm³/mol. The van der Waals surface area contributed by atoms with Crippen molar-refractivity contribution in [2.45, 2.75) is 19.3 Å². The summed E-state index contributed by atoms with van der Waals surface area (Å²) < 4.78 is 11.4. The molecule has 8 heteroatoms. The Kier molecular flexibility index (Phi) is 7.79. The Bertz CT molecular complexity index is 971. The van der Waals surface area contributed by atoms with E-state index in [4.69, 9.17) is 15.2 Å². The molecule has 2 heterocycles. The smallest absolute Gasteiger partial charge is 0.203 e. The molecule has 1 aromatic heterocycles. The minimum atomic E-state index is 0.512. The van der Waals surface area contributed by atoms with Gasteiger partial charge in [0.2, 0.25) is 5.13 Å². The Morgan fingerprint density at radius 1 is 0.969 bits per heavy atom. The van der Waals surface area contributed by atoms with Crippen molar-refractivity contribution in [3.63, 3.8) is 0 Å². The Balaban J connectivity index is 1.11. The normalized spacial score (nSPS) is 14.5. The number of benzene rings is 2. The second-order valence-corrected chi connectivity index (χ2v) is 9.00. The molecule has 4 rings (SSSR count). The number of aromatic nitrogens is 2. The van der Waals surface area contributed by atoms with Crippen LogP contribution in [0.1, 0.15) is 23.4 Å². The number of rotatable bonds is 10. The summed E-state index contributed by atoms with van der Waals surface area (Å²) in [7, 11) is 1.74. The Labute approximate surface area is 193 Å². The third-order valence-electron chi connectivity index (χ3n) is 5.70. The van der Waals surface area contributed by atoms with E-state index in [0.717, 1.165) is 75.1 Å². The zero-order valence-electron chi connectivity index (χ0n) is 18.6.